The zero-order valence-electron chi connectivity index (χ0n) is 15.8. The van der Waals surface area contributed by atoms with Crippen LogP contribution < -0.4 is 5.32 Å². The fourth-order valence-corrected chi connectivity index (χ4v) is 4.67. The molecule has 1 aromatic carbocycles. The van der Waals surface area contributed by atoms with Gasteiger partial charge in [0.1, 0.15) is 23.1 Å². The third kappa shape index (κ3) is 3.61. The monoisotopic (exact) mass is 426 g/mol. The third-order valence-electron chi connectivity index (χ3n) is 4.85. The van der Waals surface area contributed by atoms with Crippen molar-refractivity contribution in [1.29, 1.82) is 5.26 Å². The maximum absolute atomic E-state index is 12.3. The molecule has 1 fully saturated rings. The average Bonchev–Trinajstić information content (AvgIpc) is 3.27. The Kier molecular flexibility index (Phi) is 4.84. The van der Waals surface area contributed by atoms with Crippen molar-refractivity contribution in [2.75, 3.05) is 17.8 Å². The fraction of sp³-hybridized carbons (Fsp3) is 0.250. The van der Waals surface area contributed by atoms with Gasteiger partial charge in [-0.3, -0.25) is 0 Å². The van der Waals surface area contributed by atoms with Crippen LogP contribution >= 0.6 is 11.8 Å². The van der Waals surface area contributed by atoms with Gasteiger partial charge in [0.15, 0.2) is 20.8 Å². The van der Waals surface area contributed by atoms with E-state index in [2.05, 4.69) is 21.4 Å². The van der Waals surface area contributed by atoms with E-state index in [1.54, 1.807) is 24.3 Å². The maximum Gasteiger partial charge on any atom is 0.190 e. The van der Waals surface area contributed by atoms with Crippen LogP contribution in [-0.4, -0.2) is 30.9 Å². The molecular formula is C20H18N4O3S2. The van der Waals surface area contributed by atoms with Gasteiger partial charge in [-0.15, -0.1) is 0 Å². The van der Waals surface area contributed by atoms with Crippen LogP contribution in [0.25, 0.3) is 11.5 Å². The van der Waals surface area contributed by atoms with Crippen molar-refractivity contribution < 1.29 is 12.8 Å². The van der Waals surface area contributed by atoms with Gasteiger partial charge in [0.25, 0.3) is 0 Å². The van der Waals surface area contributed by atoms with Gasteiger partial charge in [-0.1, -0.05) is 30.0 Å². The minimum Gasteiger partial charge on any atom is -0.463 e. The molecule has 7 nitrogen and oxygen atoms in total. The summed E-state index contributed by atoms with van der Waals surface area (Å²) in [6, 6.07) is 12.6. The van der Waals surface area contributed by atoms with E-state index >= 15 is 0 Å². The minimum atomic E-state index is -3.40. The number of nitrogens with one attached hydrogen (secondary N) is 1. The summed E-state index contributed by atoms with van der Waals surface area (Å²) in [7, 11) is -3.40. The summed E-state index contributed by atoms with van der Waals surface area (Å²) in [4.78, 5) is 9.23. The van der Waals surface area contributed by atoms with Crippen molar-refractivity contribution in [3.05, 3.63) is 53.8 Å². The molecule has 0 aliphatic heterocycles. The molecule has 0 atom stereocenters. The van der Waals surface area contributed by atoms with E-state index < -0.39 is 15.4 Å². The molecule has 1 saturated carbocycles. The van der Waals surface area contributed by atoms with E-state index in [0.717, 1.165) is 12.8 Å². The van der Waals surface area contributed by atoms with E-state index in [4.69, 9.17) is 4.42 Å². The van der Waals surface area contributed by atoms with Crippen LogP contribution in [0.15, 0.2) is 57.1 Å². The van der Waals surface area contributed by atoms with Crippen LogP contribution in [-0.2, 0) is 15.4 Å². The fourth-order valence-electron chi connectivity index (χ4n) is 3.32. The molecule has 2 aromatic heterocycles. The number of sulfone groups is 1. The van der Waals surface area contributed by atoms with Gasteiger partial charge in [-0.25, -0.2) is 18.4 Å². The molecule has 3 aromatic rings. The highest BCUT2D eigenvalue weighted by Gasteiger charge is 2.47. The van der Waals surface area contributed by atoms with Crippen molar-refractivity contribution in [3.63, 3.8) is 0 Å². The van der Waals surface area contributed by atoms with Crippen LogP contribution in [0.2, 0.25) is 0 Å². The lowest BCUT2D eigenvalue weighted by Crippen LogP contribution is -2.23. The highest BCUT2D eigenvalue weighted by molar-refractivity contribution is 7.98. The third-order valence-corrected chi connectivity index (χ3v) is 6.55. The first-order valence-corrected chi connectivity index (χ1v) is 12.0. The Morgan fingerprint density at radius 1 is 1.21 bits per heavy atom. The summed E-state index contributed by atoms with van der Waals surface area (Å²) >= 11 is 1.35. The van der Waals surface area contributed by atoms with Gasteiger partial charge < -0.3 is 9.73 Å². The normalized spacial score (nSPS) is 14.9. The summed E-state index contributed by atoms with van der Waals surface area (Å²) in [5.41, 5.74) is 0.776. The molecule has 0 unspecified atom stereocenters. The zero-order chi connectivity index (χ0) is 20.6. The summed E-state index contributed by atoms with van der Waals surface area (Å²) in [6.07, 6.45) is 6.05. The van der Waals surface area contributed by atoms with E-state index in [0.29, 0.717) is 28.0 Å². The number of furan rings is 1. The van der Waals surface area contributed by atoms with E-state index in [-0.39, 0.29) is 10.5 Å². The first-order chi connectivity index (χ1) is 13.9. The molecule has 1 aliphatic carbocycles. The number of aromatic nitrogens is 2. The van der Waals surface area contributed by atoms with Gasteiger partial charge in [0.2, 0.25) is 0 Å². The van der Waals surface area contributed by atoms with E-state index in [1.165, 1.54) is 24.3 Å². The van der Waals surface area contributed by atoms with Crippen LogP contribution in [0.1, 0.15) is 24.0 Å². The van der Waals surface area contributed by atoms with Gasteiger partial charge in [0, 0.05) is 6.26 Å². The Labute approximate surface area is 173 Å². The number of hydrogen-bond donors (Lipinski definition) is 1. The number of benzene rings is 1. The predicted molar refractivity (Wildman–Crippen MR) is 110 cm³/mol. The number of rotatable bonds is 6. The predicted octanol–water partition coefficient (Wildman–Crippen LogP) is 3.83. The van der Waals surface area contributed by atoms with Crippen molar-refractivity contribution >= 4 is 27.4 Å². The number of hydrogen-bond acceptors (Lipinski definition) is 8. The highest BCUT2D eigenvalue weighted by Crippen LogP contribution is 2.50. The molecule has 0 radical (unpaired) electrons. The van der Waals surface area contributed by atoms with E-state index in [1.807, 2.05) is 18.4 Å². The Hall–Kier alpha value is -2.83. The average molecular weight is 427 g/mol. The Bertz CT molecular complexity index is 1210. The molecule has 0 spiro atoms. The summed E-state index contributed by atoms with van der Waals surface area (Å²) in [5.74, 6) is 0.850. The molecule has 29 heavy (non-hydrogen) atoms. The molecule has 148 valence electrons. The van der Waals surface area contributed by atoms with Crippen molar-refractivity contribution in [1.82, 2.24) is 9.97 Å². The molecule has 1 aliphatic rings. The van der Waals surface area contributed by atoms with Crippen molar-refractivity contribution in [3.8, 4) is 17.5 Å². The standard InChI is InChI=1S/C20H18N4O3S2/c1-28-19-22-17(15-7-5-11-27-15)13(12-21)18(23-19)24-20(9-10-20)14-6-3-4-8-16(14)29(2,25)26/h3-8,11H,9-10H2,1-2H3,(H,22,23,24). The maximum atomic E-state index is 12.3. The quantitative estimate of drug-likeness (QED) is 0.468. The summed E-state index contributed by atoms with van der Waals surface area (Å²) < 4.78 is 30.0. The largest absolute Gasteiger partial charge is 0.463 e. The van der Waals surface area contributed by atoms with E-state index in [9.17, 15) is 13.7 Å². The Morgan fingerprint density at radius 3 is 2.55 bits per heavy atom. The first kappa shape index (κ1) is 19.5. The zero-order valence-corrected chi connectivity index (χ0v) is 17.5. The van der Waals surface area contributed by atoms with Crippen LogP contribution in [0, 0.1) is 11.3 Å². The van der Waals surface area contributed by atoms with Gasteiger partial charge in [-0.2, -0.15) is 5.26 Å². The smallest absolute Gasteiger partial charge is 0.190 e. The van der Waals surface area contributed by atoms with Gasteiger partial charge in [0.05, 0.1) is 16.7 Å². The lowest BCUT2D eigenvalue weighted by Gasteiger charge is -2.22. The molecule has 0 amide bonds. The van der Waals surface area contributed by atoms with Crippen LogP contribution in [0.3, 0.4) is 0 Å². The highest BCUT2D eigenvalue weighted by atomic mass is 32.2. The Morgan fingerprint density at radius 2 is 1.97 bits per heavy atom. The summed E-state index contributed by atoms with van der Waals surface area (Å²) in [5, 5.41) is 13.7. The second kappa shape index (κ2) is 7.21. The first-order valence-electron chi connectivity index (χ1n) is 8.86. The topological polar surface area (TPSA) is 109 Å². The van der Waals surface area contributed by atoms with Crippen molar-refractivity contribution in [2.45, 2.75) is 28.4 Å². The molecule has 0 bridgehead atoms. The second-order valence-corrected chi connectivity index (χ2v) is 9.60. The molecule has 4 rings (SSSR count). The van der Waals surface area contributed by atoms with Crippen LogP contribution in [0.4, 0.5) is 5.82 Å². The van der Waals surface area contributed by atoms with Gasteiger partial charge >= 0.3 is 0 Å². The molecule has 1 N–H and O–H groups in total. The number of anilines is 1. The second-order valence-electron chi connectivity index (χ2n) is 6.85. The van der Waals surface area contributed by atoms with Crippen LogP contribution in [0.5, 0.6) is 0 Å². The molecular weight excluding hydrogens is 408 g/mol. The lowest BCUT2D eigenvalue weighted by molar-refractivity contribution is 0.578. The number of nitriles is 1. The minimum absolute atomic E-state index is 0.265. The molecule has 0 saturated heterocycles. The molecule has 2 heterocycles. The SMILES string of the molecule is CSc1nc(NC2(c3ccccc3S(C)(=O)=O)CC2)c(C#N)c(-c2ccco2)n1. The van der Waals surface area contributed by atoms with Crippen molar-refractivity contribution in [2.24, 2.45) is 0 Å². The summed E-state index contributed by atoms with van der Waals surface area (Å²) in [6.45, 7) is 0. The van der Waals surface area contributed by atoms with Gasteiger partial charge in [-0.05, 0) is 42.9 Å². The molecule has 9 heteroatoms. The number of nitrogens with zero attached hydrogens (tertiary/aromatic N) is 3. The Balaban J connectivity index is 1.84. The number of thioether (sulfide) groups is 1. The lowest BCUT2D eigenvalue weighted by atomic mass is 10.0.